The highest BCUT2D eigenvalue weighted by Gasteiger charge is 2.20. The van der Waals surface area contributed by atoms with Crippen molar-refractivity contribution in [1.82, 2.24) is 19.8 Å². The number of hydrogen-bond acceptors (Lipinski definition) is 7. The maximum Gasteiger partial charge on any atom is 0.412 e. The zero-order valence-corrected chi connectivity index (χ0v) is 23.0. The summed E-state index contributed by atoms with van der Waals surface area (Å²) in [5.41, 5.74) is 3.82. The fraction of sp³-hybridized carbons (Fsp3) is 0.483. The zero-order valence-electron chi connectivity index (χ0n) is 23.0. The van der Waals surface area contributed by atoms with E-state index in [0.717, 1.165) is 66.9 Å². The SMILES string of the molecule is COc1ccc2ncc(=O)n(CCN3CCC(NCc4ccc(C)c(NC(=O)OC(C)(C)C)c4)CC3)c2c1. The Morgan fingerprint density at radius 2 is 1.87 bits per heavy atom. The van der Waals surface area contributed by atoms with E-state index in [0.29, 0.717) is 18.3 Å². The first kappa shape index (κ1) is 27.6. The fourth-order valence-electron chi connectivity index (χ4n) is 4.69. The molecule has 2 aromatic carbocycles. The molecule has 3 aromatic rings. The molecule has 0 bridgehead atoms. The predicted molar refractivity (Wildman–Crippen MR) is 150 cm³/mol. The number of nitrogens with zero attached hydrogens (tertiary/aromatic N) is 3. The van der Waals surface area contributed by atoms with Crippen LogP contribution in [0.1, 0.15) is 44.7 Å². The first-order valence-corrected chi connectivity index (χ1v) is 13.2. The second kappa shape index (κ2) is 12.0. The van der Waals surface area contributed by atoms with E-state index < -0.39 is 11.7 Å². The van der Waals surface area contributed by atoms with Crippen LogP contribution in [0.4, 0.5) is 10.5 Å². The number of anilines is 1. The Kier molecular flexibility index (Phi) is 8.69. The molecule has 38 heavy (non-hydrogen) atoms. The summed E-state index contributed by atoms with van der Waals surface area (Å²) in [5.74, 6) is 0.715. The number of methoxy groups -OCH3 is 1. The van der Waals surface area contributed by atoms with Gasteiger partial charge in [-0.25, -0.2) is 9.78 Å². The third-order valence-electron chi connectivity index (χ3n) is 6.81. The number of aryl methyl sites for hydroxylation is 1. The van der Waals surface area contributed by atoms with Crippen molar-refractivity contribution in [2.45, 2.75) is 65.3 Å². The molecule has 0 atom stereocenters. The number of fused-ring (bicyclic) bond motifs is 1. The van der Waals surface area contributed by atoms with E-state index in [2.05, 4.69) is 26.6 Å². The van der Waals surface area contributed by atoms with E-state index in [9.17, 15) is 9.59 Å². The van der Waals surface area contributed by atoms with E-state index >= 15 is 0 Å². The maximum atomic E-state index is 12.5. The van der Waals surface area contributed by atoms with Crippen molar-refractivity contribution in [3.05, 3.63) is 64.1 Å². The third-order valence-corrected chi connectivity index (χ3v) is 6.81. The smallest absolute Gasteiger partial charge is 0.412 e. The van der Waals surface area contributed by atoms with Gasteiger partial charge in [-0.05, 0) is 83.0 Å². The lowest BCUT2D eigenvalue weighted by Gasteiger charge is -2.32. The van der Waals surface area contributed by atoms with Gasteiger partial charge in [0.15, 0.2) is 0 Å². The van der Waals surface area contributed by atoms with E-state index in [1.54, 1.807) is 11.7 Å². The summed E-state index contributed by atoms with van der Waals surface area (Å²) < 4.78 is 12.5. The molecule has 4 rings (SSSR count). The molecule has 1 aliphatic rings. The zero-order chi connectivity index (χ0) is 27.3. The minimum Gasteiger partial charge on any atom is -0.497 e. The standard InChI is InChI=1S/C29H39N5O4/c1-20-6-7-21(16-25(20)32-28(36)38-29(2,3)4)18-30-22-10-12-33(13-11-22)14-15-34-26-17-23(37-5)8-9-24(26)31-19-27(34)35/h6-9,16-17,19,22,30H,10-15,18H2,1-5H3,(H,32,36). The largest absolute Gasteiger partial charge is 0.497 e. The van der Waals surface area contributed by atoms with Gasteiger partial charge in [0.2, 0.25) is 0 Å². The molecular formula is C29H39N5O4. The van der Waals surface area contributed by atoms with Crippen molar-refractivity contribution in [2.24, 2.45) is 0 Å². The molecule has 1 aliphatic heterocycles. The van der Waals surface area contributed by atoms with Crippen molar-refractivity contribution in [3.8, 4) is 5.75 Å². The van der Waals surface area contributed by atoms with Crippen LogP contribution in [0.25, 0.3) is 11.0 Å². The van der Waals surface area contributed by atoms with Crippen LogP contribution in [0.2, 0.25) is 0 Å². The Morgan fingerprint density at radius 3 is 2.58 bits per heavy atom. The molecule has 9 nitrogen and oxygen atoms in total. The summed E-state index contributed by atoms with van der Waals surface area (Å²) in [6.07, 6.45) is 3.02. The monoisotopic (exact) mass is 521 g/mol. The number of carbonyl (C=O) groups is 1. The average molecular weight is 522 g/mol. The topological polar surface area (TPSA) is 97.7 Å². The number of rotatable bonds is 8. The molecule has 0 unspecified atom stereocenters. The Hall–Kier alpha value is -3.43. The van der Waals surface area contributed by atoms with Crippen LogP contribution in [0.3, 0.4) is 0 Å². The molecule has 0 radical (unpaired) electrons. The molecule has 1 aromatic heterocycles. The lowest BCUT2D eigenvalue weighted by molar-refractivity contribution is 0.0636. The van der Waals surface area contributed by atoms with E-state index in [1.165, 1.54) is 6.20 Å². The quantitative estimate of drug-likeness (QED) is 0.456. The summed E-state index contributed by atoms with van der Waals surface area (Å²) >= 11 is 0. The number of amides is 1. The van der Waals surface area contributed by atoms with Crippen molar-refractivity contribution in [3.63, 3.8) is 0 Å². The van der Waals surface area contributed by atoms with Gasteiger partial charge in [0.25, 0.3) is 5.56 Å². The number of hydrogen-bond donors (Lipinski definition) is 2. The van der Waals surface area contributed by atoms with Crippen LogP contribution in [0.15, 0.2) is 47.4 Å². The highest BCUT2D eigenvalue weighted by atomic mass is 16.6. The molecule has 9 heteroatoms. The van der Waals surface area contributed by atoms with E-state index in [-0.39, 0.29) is 5.56 Å². The Balaban J connectivity index is 1.27. The molecule has 1 amide bonds. The summed E-state index contributed by atoms with van der Waals surface area (Å²) in [7, 11) is 1.62. The summed E-state index contributed by atoms with van der Waals surface area (Å²) in [6.45, 7) is 11.6. The van der Waals surface area contributed by atoms with E-state index in [4.69, 9.17) is 9.47 Å². The van der Waals surface area contributed by atoms with Crippen LogP contribution >= 0.6 is 0 Å². The first-order valence-electron chi connectivity index (χ1n) is 13.2. The second-order valence-corrected chi connectivity index (χ2v) is 10.9. The molecule has 1 saturated heterocycles. The molecular weight excluding hydrogens is 482 g/mol. The van der Waals surface area contributed by atoms with Crippen LogP contribution in [0.5, 0.6) is 5.75 Å². The molecule has 0 aliphatic carbocycles. The number of carbonyl (C=O) groups excluding carboxylic acids is 1. The third kappa shape index (κ3) is 7.33. The number of ether oxygens (including phenoxy) is 2. The number of benzene rings is 2. The normalized spacial score (nSPS) is 15.0. The number of aromatic nitrogens is 2. The maximum absolute atomic E-state index is 12.5. The van der Waals surface area contributed by atoms with Crippen molar-refractivity contribution in [2.75, 3.05) is 32.1 Å². The lowest BCUT2D eigenvalue weighted by Crippen LogP contribution is -2.43. The minimum absolute atomic E-state index is 0.0964. The fourth-order valence-corrected chi connectivity index (χ4v) is 4.69. The lowest BCUT2D eigenvalue weighted by atomic mass is 10.0. The Morgan fingerprint density at radius 1 is 1.11 bits per heavy atom. The highest BCUT2D eigenvalue weighted by Crippen LogP contribution is 2.20. The average Bonchev–Trinajstić information content (AvgIpc) is 2.87. The van der Waals surface area contributed by atoms with Crippen LogP contribution in [-0.4, -0.2) is 58.9 Å². The molecule has 2 N–H and O–H groups in total. The van der Waals surface area contributed by atoms with Gasteiger partial charge in [-0.1, -0.05) is 12.1 Å². The van der Waals surface area contributed by atoms with E-state index in [1.807, 2.05) is 58.0 Å². The van der Waals surface area contributed by atoms with Crippen molar-refractivity contribution >= 4 is 22.8 Å². The van der Waals surface area contributed by atoms with Gasteiger partial charge in [0.05, 0.1) is 24.3 Å². The summed E-state index contributed by atoms with van der Waals surface area (Å²) in [5, 5.41) is 6.54. The first-order chi connectivity index (χ1) is 18.1. The van der Waals surface area contributed by atoms with Gasteiger partial charge < -0.3 is 24.3 Å². The van der Waals surface area contributed by atoms with Crippen LogP contribution in [0, 0.1) is 6.92 Å². The summed E-state index contributed by atoms with van der Waals surface area (Å²) in [4.78, 5) is 31.4. The molecule has 0 spiro atoms. The number of piperidine rings is 1. The van der Waals surface area contributed by atoms with Gasteiger partial charge in [-0.15, -0.1) is 0 Å². The molecule has 0 saturated carbocycles. The Bertz CT molecular complexity index is 1320. The van der Waals surface area contributed by atoms with Crippen molar-refractivity contribution in [1.29, 1.82) is 0 Å². The highest BCUT2D eigenvalue weighted by molar-refractivity contribution is 5.86. The van der Waals surface area contributed by atoms with Gasteiger partial charge >= 0.3 is 6.09 Å². The number of likely N-dealkylation sites (tertiary alicyclic amines) is 1. The van der Waals surface area contributed by atoms with Crippen LogP contribution < -0.4 is 20.9 Å². The van der Waals surface area contributed by atoms with Crippen molar-refractivity contribution < 1.29 is 14.3 Å². The molecule has 1 fully saturated rings. The second-order valence-electron chi connectivity index (χ2n) is 10.9. The minimum atomic E-state index is -0.540. The number of nitrogens with one attached hydrogen (secondary N) is 2. The van der Waals surface area contributed by atoms with Gasteiger partial charge in [0.1, 0.15) is 11.4 Å². The van der Waals surface area contributed by atoms with Gasteiger partial charge in [-0.3, -0.25) is 10.1 Å². The molecule has 2 heterocycles. The van der Waals surface area contributed by atoms with Crippen LogP contribution in [-0.2, 0) is 17.8 Å². The predicted octanol–water partition coefficient (Wildman–Crippen LogP) is 4.31. The Labute approximate surface area is 224 Å². The van der Waals surface area contributed by atoms with Gasteiger partial charge in [-0.2, -0.15) is 0 Å². The summed E-state index contributed by atoms with van der Waals surface area (Å²) in [6, 6.07) is 12.1. The molecule has 204 valence electrons. The van der Waals surface area contributed by atoms with Gasteiger partial charge in [0, 0.05) is 37.4 Å².